The first kappa shape index (κ1) is 17.7. The van der Waals surface area contributed by atoms with Crippen LogP contribution in [0.1, 0.15) is 30.3 Å². The standard InChI is InChI=1S/C18H25N3O4/c1-2-25-18(23)14-6-8-21(9-7-14)17(22)15-4-3-5-16(19-15)20-10-12-24-13-11-20/h3-5,14H,2,6-13H2,1H3. The smallest absolute Gasteiger partial charge is 0.309 e. The van der Waals surface area contributed by atoms with Gasteiger partial charge in [-0.25, -0.2) is 4.98 Å². The van der Waals surface area contributed by atoms with Crippen molar-refractivity contribution in [1.29, 1.82) is 0 Å². The van der Waals surface area contributed by atoms with Crippen LogP contribution in [0.25, 0.3) is 0 Å². The van der Waals surface area contributed by atoms with Gasteiger partial charge in [-0.1, -0.05) is 6.07 Å². The molecule has 0 saturated carbocycles. The normalized spacial score (nSPS) is 18.9. The summed E-state index contributed by atoms with van der Waals surface area (Å²) < 4.78 is 10.4. The number of anilines is 1. The molecule has 2 saturated heterocycles. The molecule has 1 amide bonds. The maximum absolute atomic E-state index is 12.7. The van der Waals surface area contributed by atoms with E-state index in [1.54, 1.807) is 11.0 Å². The van der Waals surface area contributed by atoms with Crippen LogP contribution in [0.4, 0.5) is 5.82 Å². The highest BCUT2D eigenvalue weighted by Gasteiger charge is 2.29. The van der Waals surface area contributed by atoms with Crippen LogP contribution in [-0.4, -0.2) is 67.8 Å². The molecule has 25 heavy (non-hydrogen) atoms. The molecule has 7 nitrogen and oxygen atoms in total. The van der Waals surface area contributed by atoms with Crippen molar-refractivity contribution in [1.82, 2.24) is 9.88 Å². The Morgan fingerprint density at radius 3 is 2.60 bits per heavy atom. The molecule has 0 N–H and O–H groups in total. The summed E-state index contributed by atoms with van der Waals surface area (Å²) in [7, 11) is 0. The number of nitrogens with zero attached hydrogens (tertiary/aromatic N) is 3. The van der Waals surface area contributed by atoms with Gasteiger partial charge >= 0.3 is 5.97 Å². The summed E-state index contributed by atoms with van der Waals surface area (Å²) >= 11 is 0. The number of hydrogen-bond acceptors (Lipinski definition) is 6. The van der Waals surface area contributed by atoms with Gasteiger partial charge in [0, 0.05) is 26.2 Å². The second-order valence-electron chi connectivity index (χ2n) is 6.30. The molecule has 3 rings (SSSR count). The molecule has 2 fully saturated rings. The molecule has 3 heterocycles. The third kappa shape index (κ3) is 4.28. The summed E-state index contributed by atoms with van der Waals surface area (Å²) in [5.41, 5.74) is 0.457. The van der Waals surface area contributed by atoms with Gasteiger partial charge in [-0.15, -0.1) is 0 Å². The quantitative estimate of drug-likeness (QED) is 0.765. The van der Waals surface area contributed by atoms with Gasteiger partial charge in [0.2, 0.25) is 0 Å². The Hall–Kier alpha value is -2.15. The van der Waals surface area contributed by atoms with E-state index >= 15 is 0 Å². The van der Waals surface area contributed by atoms with E-state index in [1.807, 2.05) is 19.1 Å². The number of likely N-dealkylation sites (tertiary alicyclic amines) is 1. The number of carbonyl (C=O) groups excluding carboxylic acids is 2. The zero-order valence-electron chi connectivity index (χ0n) is 14.6. The highest BCUT2D eigenvalue weighted by Crippen LogP contribution is 2.21. The van der Waals surface area contributed by atoms with Gasteiger partial charge in [0.05, 0.1) is 25.7 Å². The minimum atomic E-state index is -0.151. The average molecular weight is 347 g/mol. The van der Waals surface area contributed by atoms with Crippen LogP contribution < -0.4 is 4.90 Å². The average Bonchev–Trinajstić information content (AvgIpc) is 2.68. The van der Waals surface area contributed by atoms with Crippen LogP contribution >= 0.6 is 0 Å². The Labute approximate surface area is 147 Å². The third-order valence-electron chi connectivity index (χ3n) is 4.69. The molecule has 136 valence electrons. The van der Waals surface area contributed by atoms with E-state index in [1.165, 1.54) is 0 Å². The van der Waals surface area contributed by atoms with Crippen LogP contribution in [0.15, 0.2) is 18.2 Å². The zero-order chi connectivity index (χ0) is 17.6. The number of pyridine rings is 1. The van der Waals surface area contributed by atoms with E-state index in [4.69, 9.17) is 9.47 Å². The van der Waals surface area contributed by atoms with E-state index in [-0.39, 0.29) is 17.8 Å². The SMILES string of the molecule is CCOC(=O)C1CCN(C(=O)c2cccc(N3CCOCC3)n2)CC1. The maximum Gasteiger partial charge on any atom is 0.309 e. The number of rotatable bonds is 4. The largest absolute Gasteiger partial charge is 0.466 e. The molecule has 2 aliphatic heterocycles. The summed E-state index contributed by atoms with van der Waals surface area (Å²) in [6, 6.07) is 5.55. The Morgan fingerprint density at radius 2 is 1.92 bits per heavy atom. The summed E-state index contributed by atoms with van der Waals surface area (Å²) in [4.78, 5) is 33.0. The second-order valence-corrected chi connectivity index (χ2v) is 6.30. The summed E-state index contributed by atoms with van der Waals surface area (Å²) in [5, 5.41) is 0. The molecule has 0 spiro atoms. The number of esters is 1. The molecule has 0 aromatic carbocycles. The lowest BCUT2D eigenvalue weighted by Crippen LogP contribution is -2.41. The Kier molecular flexibility index (Phi) is 5.86. The monoisotopic (exact) mass is 347 g/mol. The summed E-state index contributed by atoms with van der Waals surface area (Å²) in [6.45, 7) is 6.27. The number of amides is 1. The number of aromatic nitrogens is 1. The lowest BCUT2D eigenvalue weighted by molar-refractivity contribution is -0.149. The fourth-order valence-electron chi connectivity index (χ4n) is 3.25. The van der Waals surface area contributed by atoms with Gasteiger partial charge < -0.3 is 19.3 Å². The maximum atomic E-state index is 12.7. The van der Waals surface area contributed by atoms with Crippen LogP contribution in [0.2, 0.25) is 0 Å². The minimum absolute atomic E-state index is 0.0718. The van der Waals surface area contributed by atoms with Crippen molar-refractivity contribution >= 4 is 17.7 Å². The van der Waals surface area contributed by atoms with E-state index in [9.17, 15) is 9.59 Å². The second kappa shape index (κ2) is 8.29. The molecule has 0 atom stereocenters. The third-order valence-corrected chi connectivity index (χ3v) is 4.69. The molecule has 0 bridgehead atoms. The van der Waals surface area contributed by atoms with Gasteiger partial charge in [-0.3, -0.25) is 9.59 Å². The molecule has 0 unspecified atom stereocenters. The van der Waals surface area contributed by atoms with Crippen molar-refractivity contribution in [2.75, 3.05) is 50.9 Å². The Morgan fingerprint density at radius 1 is 1.20 bits per heavy atom. The number of ether oxygens (including phenoxy) is 2. The predicted molar refractivity (Wildman–Crippen MR) is 92.5 cm³/mol. The van der Waals surface area contributed by atoms with E-state index in [2.05, 4.69) is 9.88 Å². The highest BCUT2D eigenvalue weighted by atomic mass is 16.5. The van der Waals surface area contributed by atoms with Crippen molar-refractivity contribution in [2.45, 2.75) is 19.8 Å². The first-order valence-electron chi connectivity index (χ1n) is 8.94. The van der Waals surface area contributed by atoms with Crippen molar-refractivity contribution in [3.63, 3.8) is 0 Å². The molecule has 2 aliphatic rings. The topological polar surface area (TPSA) is 72.0 Å². The zero-order valence-corrected chi connectivity index (χ0v) is 14.6. The number of piperidine rings is 1. The van der Waals surface area contributed by atoms with Crippen LogP contribution in [0, 0.1) is 5.92 Å². The lowest BCUT2D eigenvalue weighted by atomic mass is 9.97. The van der Waals surface area contributed by atoms with Crippen molar-refractivity contribution < 1.29 is 19.1 Å². The van der Waals surface area contributed by atoms with E-state index < -0.39 is 0 Å². The fourth-order valence-corrected chi connectivity index (χ4v) is 3.25. The molecular formula is C18H25N3O4. The number of hydrogen-bond donors (Lipinski definition) is 0. The van der Waals surface area contributed by atoms with Gasteiger partial charge in [-0.05, 0) is 31.9 Å². The van der Waals surface area contributed by atoms with Crippen LogP contribution in [-0.2, 0) is 14.3 Å². The van der Waals surface area contributed by atoms with Gasteiger partial charge in [0.25, 0.3) is 5.91 Å². The van der Waals surface area contributed by atoms with Crippen LogP contribution in [0.5, 0.6) is 0 Å². The minimum Gasteiger partial charge on any atom is -0.466 e. The summed E-state index contributed by atoms with van der Waals surface area (Å²) in [5.74, 6) is 0.492. The van der Waals surface area contributed by atoms with Crippen molar-refractivity contribution in [2.24, 2.45) is 5.92 Å². The van der Waals surface area contributed by atoms with Gasteiger partial charge in [-0.2, -0.15) is 0 Å². The lowest BCUT2D eigenvalue weighted by Gasteiger charge is -2.31. The Balaban J connectivity index is 1.61. The fraction of sp³-hybridized carbons (Fsp3) is 0.611. The molecule has 1 aromatic heterocycles. The first-order valence-corrected chi connectivity index (χ1v) is 8.94. The molecular weight excluding hydrogens is 322 g/mol. The van der Waals surface area contributed by atoms with Crippen LogP contribution in [0.3, 0.4) is 0 Å². The molecule has 1 aromatic rings. The van der Waals surface area contributed by atoms with Crippen molar-refractivity contribution in [3.8, 4) is 0 Å². The summed E-state index contributed by atoms with van der Waals surface area (Å²) in [6.07, 6.45) is 1.29. The van der Waals surface area contributed by atoms with Gasteiger partial charge in [0.1, 0.15) is 11.5 Å². The number of morpholine rings is 1. The molecule has 0 aliphatic carbocycles. The van der Waals surface area contributed by atoms with Gasteiger partial charge in [0.15, 0.2) is 0 Å². The predicted octanol–water partition coefficient (Wildman–Crippen LogP) is 1.33. The molecule has 0 radical (unpaired) electrons. The molecule has 7 heteroatoms. The highest BCUT2D eigenvalue weighted by molar-refractivity contribution is 5.93. The van der Waals surface area contributed by atoms with E-state index in [0.717, 1.165) is 18.9 Å². The number of carbonyl (C=O) groups is 2. The van der Waals surface area contributed by atoms with E-state index in [0.29, 0.717) is 51.4 Å². The Bertz CT molecular complexity index is 608. The van der Waals surface area contributed by atoms with Crippen molar-refractivity contribution in [3.05, 3.63) is 23.9 Å². The first-order chi connectivity index (χ1) is 12.2.